The smallest absolute Gasteiger partial charge is 0.216 e. The van der Waals surface area contributed by atoms with Gasteiger partial charge in [0.05, 0.1) is 5.25 Å². The first-order valence-electron chi connectivity index (χ1n) is 6.09. The molecule has 0 aliphatic heterocycles. The number of sulfonamides is 1. The highest BCUT2D eigenvalue weighted by atomic mass is 32.2. The van der Waals surface area contributed by atoms with Crippen LogP contribution < -0.4 is 10.0 Å². The molecule has 0 spiro atoms. The summed E-state index contributed by atoms with van der Waals surface area (Å²) in [6, 6.07) is 7.65. The van der Waals surface area contributed by atoms with E-state index in [1.54, 1.807) is 14.0 Å². The van der Waals surface area contributed by atoms with Crippen LogP contribution in [-0.2, 0) is 10.0 Å². The molecule has 0 aliphatic rings. The SMILES string of the molecule is CNCC(C)S(=O)(=O)NC(C)c1ccc(C)cc1. The minimum atomic E-state index is -3.29. The van der Waals surface area contributed by atoms with Crippen molar-refractivity contribution in [2.45, 2.75) is 32.1 Å². The lowest BCUT2D eigenvalue weighted by Crippen LogP contribution is -2.39. The summed E-state index contributed by atoms with van der Waals surface area (Å²) in [5.74, 6) is 0. The molecule has 0 saturated carbocycles. The molecule has 2 atom stereocenters. The van der Waals surface area contributed by atoms with Gasteiger partial charge in [-0.05, 0) is 33.4 Å². The lowest BCUT2D eigenvalue weighted by molar-refractivity contribution is 0.550. The van der Waals surface area contributed by atoms with Gasteiger partial charge in [-0.15, -0.1) is 0 Å². The van der Waals surface area contributed by atoms with Crippen molar-refractivity contribution in [1.29, 1.82) is 0 Å². The monoisotopic (exact) mass is 270 g/mol. The third-order valence-electron chi connectivity index (χ3n) is 2.94. The summed E-state index contributed by atoms with van der Waals surface area (Å²) >= 11 is 0. The summed E-state index contributed by atoms with van der Waals surface area (Å²) in [6.07, 6.45) is 0. The fraction of sp³-hybridized carbons (Fsp3) is 0.538. The van der Waals surface area contributed by atoms with Crippen LogP contribution in [-0.4, -0.2) is 27.3 Å². The summed E-state index contributed by atoms with van der Waals surface area (Å²) in [6.45, 7) is 6.00. The largest absolute Gasteiger partial charge is 0.318 e. The first kappa shape index (κ1) is 15.1. The predicted octanol–water partition coefficient (Wildman–Crippen LogP) is 1.58. The molecule has 102 valence electrons. The topological polar surface area (TPSA) is 58.2 Å². The van der Waals surface area contributed by atoms with Crippen LogP contribution in [0.1, 0.15) is 31.0 Å². The zero-order valence-corrected chi connectivity index (χ0v) is 12.2. The second kappa shape index (κ2) is 6.31. The first-order valence-corrected chi connectivity index (χ1v) is 7.63. The van der Waals surface area contributed by atoms with Crippen molar-refractivity contribution in [3.05, 3.63) is 35.4 Å². The molecule has 0 aromatic heterocycles. The fourth-order valence-electron chi connectivity index (χ4n) is 1.68. The highest BCUT2D eigenvalue weighted by Gasteiger charge is 2.22. The molecule has 0 fully saturated rings. The van der Waals surface area contributed by atoms with Gasteiger partial charge >= 0.3 is 0 Å². The molecule has 0 bridgehead atoms. The van der Waals surface area contributed by atoms with Crippen LogP contribution in [0.25, 0.3) is 0 Å². The maximum atomic E-state index is 12.0. The Balaban J connectivity index is 2.75. The minimum Gasteiger partial charge on any atom is -0.318 e. The Labute approximate surface area is 110 Å². The lowest BCUT2D eigenvalue weighted by atomic mass is 10.1. The van der Waals surface area contributed by atoms with Gasteiger partial charge in [-0.3, -0.25) is 0 Å². The maximum Gasteiger partial charge on any atom is 0.216 e. The number of aryl methyl sites for hydroxylation is 1. The van der Waals surface area contributed by atoms with Crippen LogP contribution in [0, 0.1) is 6.92 Å². The van der Waals surface area contributed by atoms with Crippen molar-refractivity contribution in [3.8, 4) is 0 Å². The number of hydrogen-bond donors (Lipinski definition) is 2. The van der Waals surface area contributed by atoms with Gasteiger partial charge in [0.1, 0.15) is 0 Å². The summed E-state index contributed by atoms with van der Waals surface area (Å²) in [7, 11) is -1.55. The molecule has 4 nitrogen and oxygen atoms in total. The predicted molar refractivity (Wildman–Crippen MR) is 75.0 cm³/mol. The second-order valence-corrected chi connectivity index (χ2v) is 6.79. The summed E-state index contributed by atoms with van der Waals surface area (Å²) < 4.78 is 26.7. The van der Waals surface area contributed by atoms with Crippen LogP contribution in [0.4, 0.5) is 0 Å². The van der Waals surface area contributed by atoms with Gasteiger partial charge in [0.15, 0.2) is 0 Å². The lowest BCUT2D eigenvalue weighted by Gasteiger charge is -2.18. The van der Waals surface area contributed by atoms with Gasteiger partial charge in [0.25, 0.3) is 0 Å². The quantitative estimate of drug-likeness (QED) is 0.825. The molecule has 0 heterocycles. The van der Waals surface area contributed by atoms with E-state index in [0.717, 1.165) is 11.1 Å². The van der Waals surface area contributed by atoms with Crippen LogP contribution in [0.5, 0.6) is 0 Å². The highest BCUT2D eigenvalue weighted by Crippen LogP contribution is 2.15. The third kappa shape index (κ3) is 4.08. The second-order valence-electron chi connectivity index (χ2n) is 4.66. The number of hydrogen-bond acceptors (Lipinski definition) is 3. The summed E-state index contributed by atoms with van der Waals surface area (Å²) in [4.78, 5) is 0. The van der Waals surface area contributed by atoms with E-state index < -0.39 is 15.3 Å². The van der Waals surface area contributed by atoms with Crippen molar-refractivity contribution in [1.82, 2.24) is 10.0 Å². The Morgan fingerprint density at radius 2 is 1.72 bits per heavy atom. The van der Waals surface area contributed by atoms with Gasteiger partial charge in [-0.25, -0.2) is 13.1 Å². The Bertz CT molecular complexity index is 468. The Morgan fingerprint density at radius 1 is 1.17 bits per heavy atom. The zero-order valence-electron chi connectivity index (χ0n) is 11.4. The van der Waals surface area contributed by atoms with E-state index in [9.17, 15) is 8.42 Å². The van der Waals surface area contributed by atoms with Crippen molar-refractivity contribution >= 4 is 10.0 Å². The molecule has 2 unspecified atom stereocenters. The highest BCUT2D eigenvalue weighted by molar-refractivity contribution is 7.90. The van der Waals surface area contributed by atoms with Crippen LogP contribution in [0.2, 0.25) is 0 Å². The number of benzene rings is 1. The summed E-state index contributed by atoms with van der Waals surface area (Å²) in [5.41, 5.74) is 2.14. The van der Waals surface area contributed by atoms with Gasteiger partial charge in [0.2, 0.25) is 10.0 Å². The van der Waals surface area contributed by atoms with Crippen LogP contribution >= 0.6 is 0 Å². The number of nitrogens with one attached hydrogen (secondary N) is 2. The molecule has 1 rings (SSSR count). The van der Waals surface area contributed by atoms with Crippen molar-refractivity contribution in [2.75, 3.05) is 13.6 Å². The zero-order chi connectivity index (χ0) is 13.8. The molecule has 18 heavy (non-hydrogen) atoms. The molecule has 5 heteroatoms. The average Bonchev–Trinajstić information content (AvgIpc) is 2.29. The van der Waals surface area contributed by atoms with E-state index in [2.05, 4.69) is 10.0 Å². The van der Waals surface area contributed by atoms with Gasteiger partial charge in [0, 0.05) is 12.6 Å². The van der Waals surface area contributed by atoms with Gasteiger partial charge < -0.3 is 5.32 Å². The van der Waals surface area contributed by atoms with Crippen molar-refractivity contribution in [3.63, 3.8) is 0 Å². The van der Waals surface area contributed by atoms with Crippen molar-refractivity contribution in [2.24, 2.45) is 0 Å². The maximum absolute atomic E-state index is 12.0. The van der Waals surface area contributed by atoms with E-state index in [0.29, 0.717) is 6.54 Å². The van der Waals surface area contributed by atoms with E-state index >= 15 is 0 Å². The third-order valence-corrected chi connectivity index (χ3v) is 4.85. The van der Waals surface area contributed by atoms with E-state index in [1.165, 1.54) is 0 Å². The first-order chi connectivity index (χ1) is 8.36. The molecule has 1 aromatic rings. The molecular weight excluding hydrogens is 248 g/mol. The molecular formula is C13H22N2O2S. The molecule has 1 aromatic carbocycles. The molecule has 0 radical (unpaired) electrons. The number of rotatable bonds is 6. The van der Waals surface area contributed by atoms with Gasteiger partial charge in [-0.2, -0.15) is 0 Å². The summed E-state index contributed by atoms with van der Waals surface area (Å²) in [5, 5.41) is 2.43. The molecule has 0 aliphatic carbocycles. The average molecular weight is 270 g/mol. The normalized spacial score (nSPS) is 15.3. The Kier molecular flexibility index (Phi) is 5.31. The standard InChI is InChI=1S/C13H22N2O2S/c1-10-5-7-13(8-6-10)12(3)15-18(16,17)11(2)9-14-4/h5-8,11-12,14-15H,9H2,1-4H3. The van der Waals surface area contributed by atoms with Gasteiger partial charge in [-0.1, -0.05) is 29.8 Å². The van der Waals surface area contributed by atoms with E-state index in [4.69, 9.17) is 0 Å². The molecule has 0 amide bonds. The minimum absolute atomic E-state index is 0.213. The Morgan fingerprint density at radius 3 is 2.22 bits per heavy atom. The van der Waals surface area contributed by atoms with E-state index in [-0.39, 0.29) is 6.04 Å². The molecule has 2 N–H and O–H groups in total. The van der Waals surface area contributed by atoms with Crippen molar-refractivity contribution < 1.29 is 8.42 Å². The van der Waals surface area contributed by atoms with E-state index in [1.807, 2.05) is 38.1 Å². The molecule has 0 saturated heterocycles. The fourth-order valence-corrected chi connectivity index (χ4v) is 2.93. The van der Waals surface area contributed by atoms with Crippen LogP contribution in [0.3, 0.4) is 0 Å². The Hall–Kier alpha value is -0.910. The van der Waals surface area contributed by atoms with Crippen LogP contribution in [0.15, 0.2) is 24.3 Å².